The van der Waals surface area contributed by atoms with Crippen LogP contribution >= 0.6 is 23.5 Å². The number of hydrogen-bond donors (Lipinski definition) is 3. The quantitative estimate of drug-likeness (QED) is 0.473. The van der Waals surface area contributed by atoms with Crippen molar-refractivity contribution in [3.8, 4) is 0 Å². The van der Waals surface area contributed by atoms with E-state index in [-0.39, 0.29) is 18.9 Å². The van der Waals surface area contributed by atoms with Crippen molar-refractivity contribution in [2.75, 3.05) is 0 Å². The monoisotopic (exact) mass is 301 g/mol. The molecule has 0 aliphatic rings. The Bertz CT molecular complexity index is 338. The molecule has 3 N–H and O–H groups in total. The summed E-state index contributed by atoms with van der Waals surface area (Å²) in [5, 5.41) is 0. The van der Waals surface area contributed by atoms with Crippen molar-refractivity contribution in [1.29, 1.82) is 0 Å². The Hall–Kier alpha value is 0.867. The van der Waals surface area contributed by atoms with Crippen LogP contribution in [0.5, 0.6) is 0 Å². The van der Waals surface area contributed by atoms with Crippen molar-refractivity contribution < 1.29 is 55.5 Å². The van der Waals surface area contributed by atoms with Crippen LogP contribution < -0.4 is 0 Å². The first-order valence-corrected chi connectivity index (χ1v) is 7.04. The molecule has 0 spiro atoms. The number of rotatable bonds is 6. The molecule has 93 valence electrons. The fourth-order valence-electron chi connectivity index (χ4n) is 0.312. The van der Waals surface area contributed by atoms with Crippen molar-refractivity contribution in [2.45, 2.75) is 0 Å². The van der Waals surface area contributed by atoms with Crippen molar-refractivity contribution in [1.82, 2.24) is 0 Å². The van der Waals surface area contributed by atoms with E-state index in [9.17, 15) is 22.7 Å². The van der Waals surface area contributed by atoms with E-state index in [0.717, 1.165) is 0 Å². The van der Waals surface area contributed by atoms with E-state index in [1.807, 2.05) is 0 Å². The van der Waals surface area contributed by atoms with Crippen LogP contribution in [0.3, 0.4) is 0 Å². The third-order valence-corrected chi connectivity index (χ3v) is 4.22. The third-order valence-electron chi connectivity index (χ3n) is 0.582. The van der Waals surface area contributed by atoms with E-state index in [2.05, 4.69) is 18.1 Å². The molecule has 0 saturated carbocycles. The third kappa shape index (κ3) is 8.03. The van der Waals surface area contributed by atoms with Crippen LogP contribution in [0.15, 0.2) is 0 Å². The van der Waals surface area contributed by atoms with Crippen LogP contribution in [0, 0.1) is 0 Å². The summed E-state index contributed by atoms with van der Waals surface area (Å²) in [6.45, 7) is 0. The van der Waals surface area contributed by atoms with Crippen molar-refractivity contribution in [2.24, 2.45) is 0 Å². The summed E-state index contributed by atoms with van der Waals surface area (Å²) < 4.78 is 63.9. The van der Waals surface area contributed by atoms with E-state index < -0.39 is 23.5 Å². The zero-order valence-corrected chi connectivity index (χ0v) is 9.98. The minimum atomic E-state index is -5.72. The van der Waals surface area contributed by atoms with E-state index >= 15 is 0 Å². The van der Waals surface area contributed by atoms with Crippen LogP contribution in [-0.4, -0.2) is 33.5 Å². The minimum absolute atomic E-state index is 0. The van der Waals surface area contributed by atoms with Crippen LogP contribution in [0.2, 0.25) is 0 Å². The Kier molecular flexibility index (Phi) is 8.05. The number of hydrogen-bond acceptors (Lipinski definition) is 7. The average Bonchev–Trinajstić information content (AvgIpc) is 1.98. The molecule has 0 fully saturated rings. The maximum absolute atomic E-state index is 11.3. The Morgan fingerprint density at radius 3 is 1.50 bits per heavy atom. The summed E-state index contributed by atoms with van der Waals surface area (Å²) in [6.07, 6.45) is 0. The van der Waals surface area contributed by atoms with Crippen molar-refractivity contribution in [3.05, 3.63) is 0 Å². The summed E-state index contributed by atoms with van der Waals surface area (Å²) in [4.78, 5) is 24.4. The normalized spacial score (nSPS) is 16.3. The molecule has 16 heteroatoms. The fraction of sp³-hybridized carbons (Fsp3) is 0. The molecule has 0 rings (SSSR count). The molecule has 1 radical (unpaired) electrons. The van der Waals surface area contributed by atoms with E-state index in [0.29, 0.717) is 0 Å². The second-order valence-corrected chi connectivity index (χ2v) is 6.10. The van der Waals surface area contributed by atoms with Gasteiger partial charge in [0.25, 0.3) is 0 Å². The summed E-state index contributed by atoms with van der Waals surface area (Å²) in [5.74, 6) is 0. The molecular formula is H3F2LiO10P3. The van der Waals surface area contributed by atoms with E-state index in [4.69, 9.17) is 14.7 Å². The van der Waals surface area contributed by atoms with Crippen LogP contribution in [-0.2, 0) is 31.8 Å². The molecule has 1 atom stereocenters. The predicted molar refractivity (Wildman–Crippen MR) is 41.8 cm³/mol. The van der Waals surface area contributed by atoms with Gasteiger partial charge in [0.15, 0.2) is 0 Å². The molecule has 0 aromatic heterocycles. The largest absolute Gasteiger partial charge is 0.546 e. The van der Waals surface area contributed by atoms with Gasteiger partial charge < -0.3 is 14.7 Å². The second-order valence-electron chi connectivity index (χ2n) is 1.71. The van der Waals surface area contributed by atoms with Gasteiger partial charge in [0.2, 0.25) is 0 Å². The zero-order valence-electron chi connectivity index (χ0n) is 7.30. The standard InChI is InChI=1S/F2H3O10P3.Li/c1-9-15(8,10-2)12-14(6,7)11-13(3,4)5;/h(H,6,7)(H2,3,4,5);. The van der Waals surface area contributed by atoms with Gasteiger partial charge in [-0.2, -0.15) is 8.62 Å². The van der Waals surface area contributed by atoms with Crippen molar-refractivity contribution >= 4 is 42.3 Å². The predicted octanol–water partition coefficient (Wildman–Crippen LogP) is 0.742. The van der Waals surface area contributed by atoms with E-state index in [1.54, 1.807) is 0 Å². The maximum Gasteiger partial charge on any atom is 0.546 e. The molecule has 0 aliphatic carbocycles. The Labute approximate surface area is 98.3 Å². The van der Waals surface area contributed by atoms with Crippen molar-refractivity contribution in [3.63, 3.8) is 0 Å². The summed E-state index contributed by atoms with van der Waals surface area (Å²) >= 11 is 0. The number of phosphoric acid groups is 3. The molecule has 16 heavy (non-hydrogen) atoms. The van der Waals surface area contributed by atoms with Gasteiger partial charge in [0.05, 0.1) is 0 Å². The van der Waals surface area contributed by atoms with Crippen LogP contribution in [0.1, 0.15) is 0 Å². The first-order valence-electron chi connectivity index (χ1n) is 2.55. The molecule has 0 heterocycles. The number of halogens is 2. The average molecular weight is 301 g/mol. The maximum atomic E-state index is 11.3. The topological polar surface area (TPSA) is 149 Å². The van der Waals surface area contributed by atoms with Gasteiger partial charge in [-0.3, -0.25) is 0 Å². The molecule has 0 saturated heterocycles. The summed E-state index contributed by atoms with van der Waals surface area (Å²) in [7, 11) is -16.9. The summed E-state index contributed by atoms with van der Waals surface area (Å²) in [6, 6.07) is 0. The van der Waals surface area contributed by atoms with Gasteiger partial charge in [0.1, 0.15) is 0 Å². The Morgan fingerprint density at radius 1 is 0.875 bits per heavy atom. The fourth-order valence-corrected chi connectivity index (χ4v) is 3.01. The molecular weight excluding hydrogens is 298 g/mol. The zero-order chi connectivity index (χ0) is 12.3. The second kappa shape index (κ2) is 6.71. The van der Waals surface area contributed by atoms with Gasteiger partial charge in [0, 0.05) is 18.9 Å². The molecule has 0 amide bonds. The Morgan fingerprint density at radius 2 is 1.25 bits per heavy atom. The van der Waals surface area contributed by atoms with Gasteiger partial charge >= 0.3 is 23.5 Å². The molecule has 0 aromatic rings. The molecule has 10 nitrogen and oxygen atoms in total. The first kappa shape index (κ1) is 19.2. The van der Waals surface area contributed by atoms with Gasteiger partial charge in [-0.15, -0.1) is 0 Å². The van der Waals surface area contributed by atoms with Crippen LogP contribution in [0.25, 0.3) is 0 Å². The Balaban J connectivity index is 0. The van der Waals surface area contributed by atoms with Gasteiger partial charge in [-0.25, -0.2) is 13.7 Å². The molecule has 0 bridgehead atoms. The van der Waals surface area contributed by atoms with Crippen LogP contribution in [0.4, 0.5) is 9.05 Å². The van der Waals surface area contributed by atoms with E-state index in [1.165, 1.54) is 0 Å². The summed E-state index contributed by atoms with van der Waals surface area (Å²) in [5.41, 5.74) is 0. The molecule has 0 aromatic carbocycles. The van der Waals surface area contributed by atoms with Gasteiger partial charge in [-0.05, 0) is 9.05 Å². The minimum Gasteiger partial charge on any atom is -0.302 e. The SMILES string of the molecule is O=P(O)(O)OP(=O)(O)OP(=O)(OF)OF.[Li]. The smallest absolute Gasteiger partial charge is 0.302 e. The molecule has 1 unspecified atom stereocenters. The molecule has 0 aliphatic heterocycles. The van der Waals surface area contributed by atoms with Gasteiger partial charge in [-0.1, -0.05) is 9.46 Å². The first-order chi connectivity index (χ1) is 6.54.